The van der Waals surface area contributed by atoms with E-state index in [0.717, 1.165) is 16.5 Å². The Bertz CT molecular complexity index is 474. The number of nitrogens with zero attached hydrogens (tertiary/aromatic N) is 1. The molecule has 0 amide bonds. The highest BCUT2D eigenvalue weighted by Gasteiger charge is 2.07. The van der Waals surface area contributed by atoms with E-state index in [1.54, 1.807) is 12.1 Å². The van der Waals surface area contributed by atoms with Crippen LogP contribution in [0.2, 0.25) is 0 Å². The Labute approximate surface area is 88.1 Å². The van der Waals surface area contributed by atoms with Gasteiger partial charge in [0.25, 0.3) is 5.69 Å². The molecule has 4 nitrogen and oxygen atoms in total. The minimum absolute atomic E-state index is 0.120. The summed E-state index contributed by atoms with van der Waals surface area (Å²) in [5.41, 5.74) is 2.03. The first-order valence-corrected chi connectivity index (χ1v) is 4.90. The molecule has 0 fully saturated rings. The molecule has 0 radical (unpaired) electrons. The van der Waals surface area contributed by atoms with Gasteiger partial charge in [0.2, 0.25) is 0 Å². The van der Waals surface area contributed by atoms with Gasteiger partial charge in [-0.1, -0.05) is 13.8 Å². The second-order valence-corrected chi connectivity index (χ2v) is 2.96. The SMILES string of the molecule is CC.Cc1c[nH]c2cc([N+](=O)[O-])ccc12. The summed E-state index contributed by atoms with van der Waals surface area (Å²) >= 11 is 0. The fourth-order valence-corrected chi connectivity index (χ4v) is 1.37. The molecule has 1 N–H and O–H groups in total. The lowest BCUT2D eigenvalue weighted by molar-refractivity contribution is -0.384. The van der Waals surface area contributed by atoms with Crippen molar-refractivity contribution in [1.82, 2.24) is 4.98 Å². The summed E-state index contributed by atoms with van der Waals surface area (Å²) in [4.78, 5) is 13.0. The Morgan fingerprint density at radius 2 is 2.00 bits per heavy atom. The average Bonchev–Trinajstić information content (AvgIpc) is 2.63. The molecule has 0 spiro atoms. The van der Waals surface area contributed by atoms with Gasteiger partial charge >= 0.3 is 0 Å². The summed E-state index contributed by atoms with van der Waals surface area (Å²) in [6, 6.07) is 4.82. The summed E-state index contributed by atoms with van der Waals surface area (Å²) in [5.74, 6) is 0. The molecular weight excluding hydrogens is 192 g/mol. The third-order valence-corrected chi connectivity index (χ3v) is 2.08. The van der Waals surface area contributed by atoms with Crippen molar-refractivity contribution < 1.29 is 4.92 Å². The Balaban J connectivity index is 0.000000531. The molecule has 4 heteroatoms. The van der Waals surface area contributed by atoms with E-state index in [1.165, 1.54) is 6.07 Å². The van der Waals surface area contributed by atoms with Gasteiger partial charge in [-0.15, -0.1) is 0 Å². The van der Waals surface area contributed by atoms with E-state index in [9.17, 15) is 10.1 Å². The molecule has 15 heavy (non-hydrogen) atoms. The smallest absolute Gasteiger partial charge is 0.271 e. The highest BCUT2D eigenvalue weighted by Crippen LogP contribution is 2.22. The van der Waals surface area contributed by atoms with Crippen LogP contribution in [0.15, 0.2) is 24.4 Å². The van der Waals surface area contributed by atoms with Gasteiger partial charge in [-0.3, -0.25) is 10.1 Å². The van der Waals surface area contributed by atoms with Crippen molar-refractivity contribution in [3.05, 3.63) is 40.1 Å². The first-order chi connectivity index (χ1) is 7.18. The predicted octanol–water partition coefficient (Wildman–Crippen LogP) is 3.41. The van der Waals surface area contributed by atoms with Crippen LogP contribution in [0, 0.1) is 17.0 Å². The molecule has 80 valence electrons. The number of nitrogens with one attached hydrogen (secondary N) is 1. The molecule has 0 saturated carbocycles. The number of aromatic amines is 1. The number of hydrogen-bond donors (Lipinski definition) is 1. The Morgan fingerprint density at radius 1 is 1.33 bits per heavy atom. The van der Waals surface area contributed by atoms with E-state index < -0.39 is 4.92 Å². The van der Waals surface area contributed by atoms with Gasteiger partial charge in [0.15, 0.2) is 0 Å². The van der Waals surface area contributed by atoms with E-state index in [-0.39, 0.29) is 5.69 Å². The standard InChI is InChI=1S/C9H8N2O2.C2H6/c1-6-5-10-9-4-7(11(12)13)2-3-8(6)9;1-2/h2-5,10H,1H3;1-2H3. The van der Waals surface area contributed by atoms with Gasteiger partial charge in [0.05, 0.1) is 10.4 Å². The molecule has 1 aromatic heterocycles. The molecule has 1 aromatic carbocycles. The molecule has 0 aliphatic heterocycles. The number of rotatable bonds is 1. The minimum atomic E-state index is -0.393. The van der Waals surface area contributed by atoms with Crippen LogP contribution >= 0.6 is 0 Å². The molecule has 2 aromatic rings. The summed E-state index contributed by atoms with van der Waals surface area (Å²) < 4.78 is 0. The zero-order chi connectivity index (χ0) is 11.4. The normalized spacial score (nSPS) is 9.53. The quantitative estimate of drug-likeness (QED) is 0.574. The molecule has 0 bridgehead atoms. The van der Waals surface area contributed by atoms with E-state index in [0.29, 0.717) is 0 Å². The van der Waals surface area contributed by atoms with Crippen LogP contribution in [0.3, 0.4) is 0 Å². The summed E-state index contributed by atoms with van der Waals surface area (Å²) in [5, 5.41) is 11.5. The van der Waals surface area contributed by atoms with Crippen molar-refractivity contribution in [2.45, 2.75) is 20.8 Å². The van der Waals surface area contributed by atoms with Gasteiger partial charge in [-0.05, 0) is 18.6 Å². The molecule has 2 rings (SSSR count). The monoisotopic (exact) mass is 206 g/mol. The average molecular weight is 206 g/mol. The Morgan fingerprint density at radius 3 is 2.60 bits per heavy atom. The molecule has 0 aliphatic carbocycles. The second kappa shape index (κ2) is 4.59. The van der Waals surface area contributed by atoms with E-state index in [2.05, 4.69) is 4.98 Å². The maximum atomic E-state index is 10.4. The number of benzene rings is 1. The van der Waals surface area contributed by atoms with Crippen molar-refractivity contribution in [2.24, 2.45) is 0 Å². The van der Waals surface area contributed by atoms with Crippen LogP contribution in [0.1, 0.15) is 19.4 Å². The molecule has 1 heterocycles. The minimum Gasteiger partial charge on any atom is -0.361 e. The maximum absolute atomic E-state index is 10.4. The second-order valence-electron chi connectivity index (χ2n) is 2.96. The lowest BCUT2D eigenvalue weighted by atomic mass is 10.2. The summed E-state index contributed by atoms with van der Waals surface area (Å²) in [7, 11) is 0. The lowest BCUT2D eigenvalue weighted by Gasteiger charge is -1.92. The van der Waals surface area contributed by atoms with Gasteiger partial charge < -0.3 is 4.98 Å². The van der Waals surface area contributed by atoms with Gasteiger partial charge in [0.1, 0.15) is 0 Å². The fraction of sp³-hybridized carbons (Fsp3) is 0.273. The highest BCUT2D eigenvalue weighted by molar-refractivity contribution is 5.84. The van der Waals surface area contributed by atoms with Crippen molar-refractivity contribution in [3.63, 3.8) is 0 Å². The van der Waals surface area contributed by atoms with Crippen LogP contribution in [-0.4, -0.2) is 9.91 Å². The van der Waals surface area contributed by atoms with Crippen LogP contribution in [0.4, 0.5) is 5.69 Å². The first kappa shape index (κ1) is 11.2. The Hall–Kier alpha value is -1.84. The molecule has 0 saturated heterocycles. The number of nitro groups is 1. The number of aryl methyl sites for hydroxylation is 1. The first-order valence-electron chi connectivity index (χ1n) is 4.90. The van der Waals surface area contributed by atoms with Crippen molar-refractivity contribution in [1.29, 1.82) is 0 Å². The Kier molecular flexibility index (Phi) is 3.44. The molecule has 0 unspecified atom stereocenters. The molecule has 0 atom stereocenters. The van der Waals surface area contributed by atoms with Crippen LogP contribution in [0.25, 0.3) is 10.9 Å². The van der Waals surface area contributed by atoms with E-state index >= 15 is 0 Å². The third kappa shape index (κ3) is 2.15. The number of non-ortho nitro benzene ring substituents is 1. The largest absolute Gasteiger partial charge is 0.361 e. The number of nitro benzene ring substituents is 1. The van der Waals surface area contributed by atoms with Crippen molar-refractivity contribution in [3.8, 4) is 0 Å². The molecular formula is C11H14N2O2. The van der Waals surface area contributed by atoms with E-state index in [4.69, 9.17) is 0 Å². The van der Waals surface area contributed by atoms with Crippen molar-refractivity contribution >= 4 is 16.6 Å². The maximum Gasteiger partial charge on any atom is 0.271 e. The van der Waals surface area contributed by atoms with E-state index in [1.807, 2.05) is 27.0 Å². The highest BCUT2D eigenvalue weighted by atomic mass is 16.6. The fourth-order valence-electron chi connectivity index (χ4n) is 1.37. The van der Waals surface area contributed by atoms with Gasteiger partial charge in [-0.2, -0.15) is 0 Å². The predicted molar refractivity (Wildman–Crippen MR) is 61.0 cm³/mol. The molecule has 0 aliphatic rings. The zero-order valence-corrected chi connectivity index (χ0v) is 9.07. The zero-order valence-electron chi connectivity index (χ0n) is 9.07. The number of fused-ring (bicyclic) bond motifs is 1. The van der Waals surface area contributed by atoms with Crippen LogP contribution in [0.5, 0.6) is 0 Å². The number of hydrogen-bond acceptors (Lipinski definition) is 2. The summed E-state index contributed by atoms with van der Waals surface area (Å²) in [6.07, 6.45) is 1.84. The topological polar surface area (TPSA) is 58.9 Å². The van der Waals surface area contributed by atoms with Crippen molar-refractivity contribution in [2.75, 3.05) is 0 Å². The van der Waals surface area contributed by atoms with Crippen LogP contribution in [-0.2, 0) is 0 Å². The lowest BCUT2D eigenvalue weighted by Crippen LogP contribution is -1.86. The van der Waals surface area contributed by atoms with Gasteiger partial charge in [-0.25, -0.2) is 0 Å². The summed E-state index contributed by atoms with van der Waals surface area (Å²) in [6.45, 7) is 5.96. The number of aromatic nitrogens is 1. The van der Waals surface area contributed by atoms with Gasteiger partial charge in [0, 0.05) is 23.7 Å². The number of H-pyrrole nitrogens is 1. The third-order valence-electron chi connectivity index (χ3n) is 2.08. The van der Waals surface area contributed by atoms with Crippen LogP contribution < -0.4 is 0 Å².